The van der Waals surface area contributed by atoms with Crippen molar-refractivity contribution in [3.05, 3.63) is 29.8 Å². The Balaban J connectivity index is 2.68. The van der Waals surface area contributed by atoms with Gasteiger partial charge in [0.1, 0.15) is 0 Å². The molecule has 0 aromatic heterocycles. The van der Waals surface area contributed by atoms with E-state index in [4.69, 9.17) is 4.74 Å². The van der Waals surface area contributed by atoms with Gasteiger partial charge in [0, 0.05) is 40.4 Å². The minimum absolute atomic E-state index is 0.283. The first-order chi connectivity index (χ1) is 12.9. The molecule has 0 amide bonds. The summed E-state index contributed by atoms with van der Waals surface area (Å²) in [6.45, 7) is 7.43. The third-order valence-corrected chi connectivity index (χ3v) is 5.80. The maximum absolute atomic E-state index is 12.5. The summed E-state index contributed by atoms with van der Waals surface area (Å²) in [6, 6.07) is 6.97. The van der Waals surface area contributed by atoms with Crippen molar-refractivity contribution >= 4 is 16.0 Å². The summed E-state index contributed by atoms with van der Waals surface area (Å²) >= 11 is 0. The molecule has 0 saturated carbocycles. The summed E-state index contributed by atoms with van der Waals surface area (Å²) in [4.78, 5) is 4.83. The summed E-state index contributed by atoms with van der Waals surface area (Å²) in [5.74, 6) is 0.670. The lowest BCUT2D eigenvalue weighted by Gasteiger charge is -2.15. The topological polar surface area (TPSA) is 83.0 Å². The maximum atomic E-state index is 12.5. The maximum Gasteiger partial charge on any atom is 0.242 e. The van der Waals surface area contributed by atoms with Crippen LogP contribution in [0.3, 0.4) is 0 Å². The van der Waals surface area contributed by atoms with Crippen LogP contribution in [0.2, 0.25) is 0 Å². The summed E-state index contributed by atoms with van der Waals surface area (Å²) in [7, 11) is -0.430. The van der Waals surface area contributed by atoms with E-state index >= 15 is 0 Å². The zero-order valence-electron chi connectivity index (χ0n) is 17.0. The molecule has 0 fully saturated rings. The number of ether oxygens (including phenoxy) is 1. The van der Waals surface area contributed by atoms with Crippen molar-refractivity contribution in [1.82, 2.24) is 14.9 Å². The van der Waals surface area contributed by atoms with E-state index in [0.717, 1.165) is 45.6 Å². The quantitative estimate of drug-likeness (QED) is 0.320. The van der Waals surface area contributed by atoms with Crippen LogP contribution in [0, 0.1) is 0 Å². The van der Waals surface area contributed by atoms with Crippen molar-refractivity contribution in [2.45, 2.75) is 44.6 Å². The van der Waals surface area contributed by atoms with Crippen LogP contribution in [0.1, 0.15) is 38.7 Å². The van der Waals surface area contributed by atoms with Gasteiger partial charge in [-0.2, -0.15) is 0 Å². The molecule has 0 unspecified atom stereocenters. The molecule has 154 valence electrons. The predicted octanol–water partition coefficient (Wildman–Crippen LogP) is 2.20. The Morgan fingerprint density at radius 2 is 1.81 bits per heavy atom. The van der Waals surface area contributed by atoms with Gasteiger partial charge >= 0.3 is 0 Å². The fraction of sp³-hybridized carbons (Fsp3) is 0.632. The first-order valence-electron chi connectivity index (χ1n) is 9.53. The van der Waals surface area contributed by atoms with Crippen LogP contribution in [0.25, 0.3) is 0 Å². The summed E-state index contributed by atoms with van der Waals surface area (Å²) in [5.41, 5.74) is 0.673. The van der Waals surface area contributed by atoms with Gasteiger partial charge < -0.3 is 15.4 Å². The molecular weight excluding hydrogens is 364 g/mol. The average Bonchev–Trinajstić information content (AvgIpc) is 2.65. The molecule has 0 radical (unpaired) electrons. The molecule has 0 spiro atoms. The number of benzene rings is 1. The van der Waals surface area contributed by atoms with E-state index < -0.39 is 10.0 Å². The molecule has 8 heteroatoms. The third kappa shape index (κ3) is 8.28. The highest BCUT2D eigenvalue weighted by atomic mass is 32.2. The summed E-state index contributed by atoms with van der Waals surface area (Å²) in [5, 5.41) is 6.45. The van der Waals surface area contributed by atoms with Gasteiger partial charge in [0.15, 0.2) is 5.96 Å². The van der Waals surface area contributed by atoms with Gasteiger partial charge in [-0.25, -0.2) is 17.7 Å². The Kier molecular flexibility index (Phi) is 11.0. The van der Waals surface area contributed by atoms with E-state index in [-0.39, 0.29) is 6.54 Å². The highest BCUT2D eigenvalue weighted by molar-refractivity contribution is 7.89. The number of nitrogens with zero attached hydrogens (tertiary/aromatic N) is 2. The minimum Gasteiger partial charge on any atom is -0.381 e. The lowest BCUT2D eigenvalue weighted by molar-refractivity contribution is 0.129. The average molecular weight is 399 g/mol. The second-order valence-corrected chi connectivity index (χ2v) is 8.46. The van der Waals surface area contributed by atoms with E-state index in [2.05, 4.69) is 22.5 Å². The number of hydrogen-bond acceptors (Lipinski definition) is 4. The number of guanidine groups is 1. The van der Waals surface area contributed by atoms with Gasteiger partial charge in [0.05, 0.1) is 11.4 Å². The van der Waals surface area contributed by atoms with Crippen molar-refractivity contribution in [2.75, 3.05) is 40.4 Å². The Hall–Kier alpha value is -1.64. The monoisotopic (exact) mass is 398 g/mol. The van der Waals surface area contributed by atoms with Gasteiger partial charge in [-0.15, -0.1) is 0 Å². The number of unbranched alkanes of at least 4 members (excludes halogenated alkanes) is 1. The van der Waals surface area contributed by atoms with Crippen LogP contribution in [-0.2, 0) is 21.3 Å². The van der Waals surface area contributed by atoms with Crippen LogP contribution < -0.4 is 10.6 Å². The van der Waals surface area contributed by atoms with Crippen LogP contribution in [-0.4, -0.2) is 59.1 Å². The zero-order valence-corrected chi connectivity index (χ0v) is 17.8. The Bertz CT molecular complexity index is 675. The molecule has 0 aliphatic rings. The van der Waals surface area contributed by atoms with Crippen LogP contribution in [0.5, 0.6) is 0 Å². The molecule has 27 heavy (non-hydrogen) atoms. The second kappa shape index (κ2) is 12.7. The van der Waals surface area contributed by atoms with Gasteiger partial charge in [0.25, 0.3) is 0 Å². The fourth-order valence-corrected chi connectivity index (χ4v) is 3.43. The normalized spacial score (nSPS) is 12.4. The minimum atomic E-state index is -3.49. The molecule has 1 rings (SSSR count). The number of hydrogen-bond donors (Lipinski definition) is 2. The Labute approximate surface area is 164 Å². The van der Waals surface area contributed by atoms with Gasteiger partial charge in [-0.05, 0) is 31.4 Å². The van der Waals surface area contributed by atoms with Gasteiger partial charge in [-0.1, -0.05) is 31.5 Å². The number of sulfonamides is 1. The summed E-state index contributed by atoms with van der Waals surface area (Å²) < 4.78 is 31.7. The van der Waals surface area contributed by atoms with Gasteiger partial charge in [-0.3, -0.25) is 0 Å². The standard InChI is InChI=1S/C19H34N4O3S/c1-5-7-14-26-15-10-13-21-19(20-6-2)22-16-17-11-8-9-12-18(17)27(24,25)23(3)4/h8-9,11-12H,5-7,10,13-16H2,1-4H3,(H2,20,21,22). The van der Waals surface area contributed by atoms with Crippen molar-refractivity contribution in [2.24, 2.45) is 4.99 Å². The van der Waals surface area contributed by atoms with E-state index in [0.29, 0.717) is 16.4 Å². The third-order valence-electron chi connectivity index (χ3n) is 3.88. The molecule has 0 heterocycles. The van der Waals surface area contributed by atoms with E-state index in [1.54, 1.807) is 18.2 Å². The van der Waals surface area contributed by atoms with Crippen molar-refractivity contribution < 1.29 is 13.2 Å². The Morgan fingerprint density at radius 1 is 1.11 bits per heavy atom. The predicted molar refractivity (Wildman–Crippen MR) is 110 cm³/mol. The highest BCUT2D eigenvalue weighted by Crippen LogP contribution is 2.19. The van der Waals surface area contributed by atoms with E-state index in [1.807, 2.05) is 13.0 Å². The first kappa shape index (κ1) is 23.4. The lowest BCUT2D eigenvalue weighted by atomic mass is 10.2. The van der Waals surface area contributed by atoms with Crippen LogP contribution in [0.15, 0.2) is 34.2 Å². The Morgan fingerprint density at radius 3 is 2.48 bits per heavy atom. The molecule has 0 aliphatic carbocycles. The van der Waals surface area contributed by atoms with Gasteiger partial charge in [0.2, 0.25) is 10.0 Å². The largest absolute Gasteiger partial charge is 0.381 e. The molecular formula is C19H34N4O3S. The molecule has 0 bridgehead atoms. The van der Waals surface area contributed by atoms with Crippen molar-refractivity contribution in [1.29, 1.82) is 0 Å². The van der Waals surface area contributed by atoms with Crippen molar-refractivity contribution in [3.63, 3.8) is 0 Å². The van der Waals surface area contributed by atoms with Crippen LogP contribution in [0.4, 0.5) is 0 Å². The van der Waals surface area contributed by atoms with E-state index in [1.165, 1.54) is 18.4 Å². The van der Waals surface area contributed by atoms with E-state index in [9.17, 15) is 8.42 Å². The molecule has 2 N–H and O–H groups in total. The lowest BCUT2D eigenvalue weighted by Crippen LogP contribution is -2.38. The smallest absolute Gasteiger partial charge is 0.242 e. The molecule has 7 nitrogen and oxygen atoms in total. The number of rotatable bonds is 12. The molecule has 1 aromatic carbocycles. The highest BCUT2D eigenvalue weighted by Gasteiger charge is 2.20. The molecule has 0 atom stereocenters. The van der Waals surface area contributed by atoms with Crippen LogP contribution >= 0.6 is 0 Å². The van der Waals surface area contributed by atoms with Crippen molar-refractivity contribution in [3.8, 4) is 0 Å². The molecule has 0 aliphatic heterocycles. The number of nitrogens with one attached hydrogen (secondary N) is 2. The first-order valence-corrected chi connectivity index (χ1v) is 11.0. The second-order valence-electron chi connectivity index (χ2n) is 6.34. The molecule has 0 saturated heterocycles. The summed E-state index contributed by atoms with van der Waals surface area (Å²) in [6.07, 6.45) is 3.12. The number of aliphatic imine (C=N–C) groups is 1. The zero-order chi connectivity index (χ0) is 20.1. The fourth-order valence-electron chi connectivity index (χ4n) is 2.32. The SMILES string of the molecule is CCCCOCCCNC(=NCc1ccccc1S(=O)(=O)N(C)C)NCC. The molecule has 1 aromatic rings.